The van der Waals surface area contributed by atoms with Gasteiger partial charge in [0.1, 0.15) is 0 Å². The summed E-state index contributed by atoms with van der Waals surface area (Å²) >= 11 is 0. The lowest BCUT2D eigenvalue weighted by Gasteiger charge is -2.21. The van der Waals surface area contributed by atoms with Crippen molar-refractivity contribution in [1.82, 2.24) is 10.2 Å². The van der Waals surface area contributed by atoms with Crippen LogP contribution in [-0.4, -0.2) is 36.3 Å². The van der Waals surface area contributed by atoms with Crippen molar-refractivity contribution in [3.8, 4) is 0 Å². The van der Waals surface area contributed by atoms with Gasteiger partial charge in [0, 0.05) is 31.8 Å². The summed E-state index contributed by atoms with van der Waals surface area (Å²) < 4.78 is 0. The lowest BCUT2D eigenvalue weighted by atomic mass is 10.2. The Labute approximate surface area is 110 Å². The van der Waals surface area contributed by atoms with Crippen LogP contribution in [-0.2, 0) is 9.59 Å². The van der Waals surface area contributed by atoms with Gasteiger partial charge in [-0.2, -0.15) is 0 Å². The highest BCUT2D eigenvalue weighted by molar-refractivity contribution is 5.89. The van der Waals surface area contributed by atoms with E-state index in [1.54, 1.807) is 24.1 Å². The predicted octanol–water partition coefficient (Wildman–Crippen LogP) is 1.88. The topological polar surface area (TPSA) is 49.4 Å². The minimum atomic E-state index is -0.120. The van der Waals surface area contributed by atoms with Crippen molar-refractivity contribution in [2.24, 2.45) is 0 Å². The molecule has 0 heterocycles. The van der Waals surface area contributed by atoms with E-state index in [1.165, 1.54) is 0 Å². The lowest BCUT2D eigenvalue weighted by Crippen LogP contribution is -2.41. The molecule has 102 valence electrons. The number of carbonyl (C=O) groups excluding carboxylic acids is 2. The van der Waals surface area contributed by atoms with Crippen LogP contribution in [0, 0.1) is 0 Å². The summed E-state index contributed by atoms with van der Waals surface area (Å²) in [5.74, 6) is -0.163. The third kappa shape index (κ3) is 7.65. The van der Waals surface area contributed by atoms with Crippen molar-refractivity contribution in [2.75, 3.05) is 13.6 Å². The Hall–Kier alpha value is -1.58. The van der Waals surface area contributed by atoms with Gasteiger partial charge in [-0.25, -0.2) is 0 Å². The number of rotatable bonds is 5. The predicted molar refractivity (Wildman–Crippen MR) is 74.1 cm³/mol. The number of allylic oxidation sites excluding steroid dienone is 2. The Balaban J connectivity index is 4.28. The number of nitrogens with zero attached hydrogens (tertiary/aromatic N) is 1. The highest BCUT2D eigenvalue weighted by Gasteiger charge is 2.11. The van der Waals surface area contributed by atoms with Crippen molar-refractivity contribution >= 4 is 11.8 Å². The molecule has 0 rings (SSSR count). The van der Waals surface area contributed by atoms with Gasteiger partial charge >= 0.3 is 0 Å². The van der Waals surface area contributed by atoms with E-state index >= 15 is 0 Å². The zero-order valence-electron chi connectivity index (χ0n) is 12.2. The molecule has 0 fully saturated rings. The van der Waals surface area contributed by atoms with Gasteiger partial charge in [0.05, 0.1) is 0 Å². The molecule has 1 N–H and O–H groups in total. The minimum absolute atomic E-state index is 0.0432. The van der Waals surface area contributed by atoms with Crippen LogP contribution >= 0.6 is 0 Å². The highest BCUT2D eigenvalue weighted by Crippen LogP contribution is 1.96. The van der Waals surface area contributed by atoms with Crippen LogP contribution < -0.4 is 5.32 Å². The molecule has 0 aromatic carbocycles. The zero-order chi connectivity index (χ0) is 14.3. The molecular formula is C14H24N2O2. The quantitative estimate of drug-likeness (QED) is 0.760. The first-order valence-electron chi connectivity index (χ1n) is 6.07. The Kier molecular flexibility index (Phi) is 7.01. The molecule has 0 aliphatic carbocycles. The lowest BCUT2D eigenvalue weighted by molar-refractivity contribution is -0.126. The Bertz CT molecular complexity index is 362. The van der Waals surface area contributed by atoms with Gasteiger partial charge in [0.25, 0.3) is 0 Å². The average Bonchev–Trinajstić information content (AvgIpc) is 2.13. The molecule has 0 aromatic heterocycles. The maximum Gasteiger partial charge on any atom is 0.246 e. The fourth-order valence-electron chi connectivity index (χ4n) is 1.45. The Morgan fingerprint density at radius 1 is 1.11 bits per heavy atom. The van der Waals surface area contributed by atoms with Gasteiger partial charge in [0.2, 0.25) is 11.8 Å². The second-order valence-corrected chi connectivity index (χ2v) is 5.07. The molecule has 0 saturated carbocycles. The second-order valence-electron chi connectivity index (χ2n) is 5.07. The molecule has 0 saturated heterocycles. The average molecular weight is 252 g/mol. The van der Waals surface area contributed by atoms with Gasteiger partial charge in [-0.15, -0.1) is 0 Å². The zero-order valence-corrected chi connectivity index (χ0v) is 12.2. The van der Waals surface area contributed by atoms with Crippen molar-refractivity contribution in [3.63, 3.8) is 0 Å². The minimum Gasteiger partial charge on any atom is -0.348 e. The maximum atomic E-state index is 11.7. The summed E-state index contributed by atoms with van der Waals surface area (Å²) in [6.07, 6.45) is 3.14. The summed E-state index contributed by atoms with van der Waals surface area (Å²) in [5.41, 5.74) is 1.92. The number of amides is 2. The van der Waals surface area contributed by atoms with Crippen LogP contribution in [0.25, 0.3) is 0 Å². The third-order valence-electron chi connectivity index (χ3n) is 2.14. The van der Waals surface area contributed by atoms with Crippen molar-refractivity contribution in [2.45, 2.75) is 40.7 Å². The molecule has 0 aliphatic heterocycles. The summed E-state index contributed by atoms with van der Waals surface area (Å²) in [6.45, 7) is 9.87. The molecule has 0 unspecified atom stereocenters. The fourth-order valence-corrected chi connectivity index (χ4v) is 1.45. The normalized spacial score (nSPS) is 11.2. The highest BCUT2D eigenvalue weighted by atomic mass is 16.2. The van der Waals surface area contributed by atoms with Crippen LogP contribution in [0.5, 0.6) is 0 Å². The summed E-state index contributed by atoms with van der Waals surface area (Å²) in [5, 5.41) is 2.82. The van der Waals surface area contributed by atoms with E-state index in [1.807, 2.05) is 34.6 Å². The van der Waals surface area contributed by atoms with Gasteiger partial charge in [-0.3, -0.25) is 9.59 Å². The molecule has 4 heteroatoms. The van der Waals surface area contributed by atoms with Gasteiger partial charge < -0.3 is 10.2 Å². The fraction of sp³-hybridized carbons (Fsp3) is 0.571. The molecule has 0 radical (unpaired) electrons. The first-order chi connectivity index (χ1) is 8.22. The molecule has 1 atom stereocenters. The van der Waals surface area contributed by atoms with E-state index in [2.05, 4.69) is 5.32 Å². The number of hydrogen-bond acceptors (Lipinski definition) is 2. The van der Waals surface area contributed by atoms with E-state index < -0.39 is 0 Å². The molecule has 0 bridgehead atoms. The van der Waals surface area contributed by atoms with Gasteiger partial charge in [0.15, 0.2) is 0 Å². The Morgan fingerprint density at radius 3 is 2.06 bits per heavy atom. The van der Waals surface area contributed by atoms with E-state index in [-0.39, 0.29) is 17.9 Å². The van der Waals surface area contributed by atoms with Crippen LogP contribution in [0.15, 0.2) is 23.3 Å². The van der Waals surface area contributed by atoms with Gasteiger partial charge in [-0.05, 0) is 34.6 Å². The van der Waals surface area contributed by atoms with E-state index in [4.69, 9.17) is 0 Å². The molecular weight excluding hydrogens is 228 g/mol. The third-order valence-corrected chi connectivity index (χ3v) is 2.14. The number of hydrogen-bond donors (Lipinski definition) is 1. The maximum absolute atomic E-state index is 11.7. The molecule has 2 amide bonds. The first-order valence-corrected chi connectivity index (χ1v) is 6.07. The van der Waals surface area contributed by atoms with Crippen molar-refractivity contribution in [3.05, 3.63) is 23.3 Å². The summed E-state index contributed by atoms with van der Waals surface area (Å²) in [4.78, 5) is 24.8. The number of likely N-dealkylation sites (N-methyl/N-ethyl adjacent to an activating group) is 1. The van der Waals surface area contributed by atoms with E-state index in [9.17, 15) is 9.59 Å². The number of carbonyl (C=O) groups is 2. The van der Waals surface area contributed by atoms with E-state index in [0.717, 1.165) is 11.1 Å². The van der Waals surface area contributed by atoms with Crippen LogP contribution in [0.1, 0.15) is 34.6 Å². The SMILES string of the molecule is CC(C)=CC(=O)N[C@@H](C)CN(C)C(=O)C=C(C)C. The van der Waals surface area contributed by atoms with Crippen LogP contribution in [0.4, 0.5) is 0 Å². The molecule has 0 spiro atoms. The summed E-state index contributed by atoms with van der Waals surface area (Å²) in [6, 6.07) is -0.0763. The van der Waals surface area contributed by atoms with Crippen LogP contribution in [0.3, 0.4) is 0 Å². The molecule has 18 heavy (non-hydrogen) atoms. The first kappa shape index (κ1) is 16.4. The van der Waals surface area contributed by atoms with Crippen molar-refractivity contribution in [1.29, 1.82) is 0 Å². The van der Waals surface area contributed by atoms with Crippen LogP contribution in [0.2, 0.25) is 0 Å². The largest absolute Gasteiger partial charge is 0.348 e. The molecule has 0 aliphatic rings. The smallest absolute Gasteiger partial charge is 0.246 e. The monoisotopic (exact) mass is 252 g/mol. The van der Waals surface area contributed by atoms with Crippen molar-refractivity contribution < 1.29 is 9.59 Å². The number of nitrogens with one attached hydrogen (secondary N) is 1. The second kappa shape index (κ2) is 7.69. The standard InChI is InChI=1S/C14H24N2O2/c1-10(2)7-13(17)15-12(5)9-16(6)14(18)8-11(3)4/h7-8,12H,9H2,1-6H3,(H,15,17)/t12-/m0/s1. The summed E-state index contributed by atoms with van der Waals surface area (Å²) in [7, 11) is 1.73. The molecule has 4 nitrogen and oxygen atoms in total. The van der Waals surface area contributed by atoms with E-state index in [0.29, 0.717) is 6.54 Å². The Morgan fingerprint density at radius 2 is 1.61 bits per heavy atom. The van der Waals surface area contributed by atoms with Gasteiger partial charge in [-0.1, -0.05) is 11.1 Å². The molecule has 0 aromatic rings.